The maximum absolute atomic E-state index is 11.7. The Bertz CT molecular complexity index is 417. The van der Waals surface area contributed by atoms with E-state index >= 15 is 0 Å². The van der Waals surface area contributed by atoms with Gasteiger partial charge in [0.05, 0.1) is 9.81 Å². The van der Waals surface area contributed by atoms with Crippen molar-refractivity contribution in [3.8, 4) is 0 Å². The molecule has 2 rings (SSSR count). The number of hydrogen-bond donors (Lipinski definition) is 0. The summed E-state index contributed by atoms with van der Waals surface area (Å²) in [6, 6.07) is 0. The highest BCUT2D eigenvalue weighted by atomic mass is 32.2. The van der Waals surface area contributed by atoms with Crippen molar-refractivity contribution in [1.29, 1.82) is 0 Å². The molecule has 2 aliphatic heterocycles. The lowest BCUT2D eigenvalue weighted by Gasteiger charge is -2.01. The van der Waals surface area contributed by atoms with Crippen LogP contribution in [-0.4, -0.2) is 24.1 Å². The lowest BCUT2D eigenvalue weighted by atomic mass is 10.3. The fraction of sp³-hybridized carbons (Fsp3) is 0.200. The first kappa shape index (κ1) is 12.4. The molecule has 6 heteroatoms. The van der Waals surface area contributed by atoms with Crippen molar-refractivity contribution in [2.75, 3.05) is 12.5 Å². The van der Waals surface area contributed by atoms with Gasteiger partial charge in [0.15, 0.2) is 11.6 Å². The van der Waals surface area contributed by atoms with Crippen molar-refractivity contribution >= 4 is 58.6 Å². The van der Waals surface area contributed by atoms with E-state index < -0.39 is 0 Å². The average Bonchev–Trinajstić information content (AvgIpc) is 2.81. The zero-order valence-corrected chi connectivity index (χ0v) is 11.9. The SMILES string of the molecule is CSC1=CC(=O)/C(=C2\SC(SC)=CC2=O)S1. The van der Waals surface area contributed by atoms with Gasteiger partial charge in [0.25, 0.3) is 0 Å². The summed E-state index contributed by atoms with van der Waals surface area (Å²) in [5, 5.41) is 0. The lowest BCUT2D eigenvalue weighted by Crippen LogP contribution is -1.98. The van der Waals surface area contributed by atoms with Crippen molar-refractivity contribution in [1.82, 2.24) is 0 Å². The second-order valence-corrected chi connectivity index (χ2v) is 7.24. The molecule has 0 aliphatic carbocycles. The van der Waals surface area contributed by atoms with Crippen LogP contribution in [0.5, 0.6) is 0 Å². The van der Waals surface area contributed by atoms with Crippen LogP contribution in [0.4, 0.5) is 0 Å². The van der Waals surface area contributed by atoms with Gasteiger partial charge in [-0.3, -0.25) is 9.59 Å². The van der Waals surface area contributed by atoms with E-state index in [-0.39, 0.29) is 11.6 Å². The summed E-state index contributed by atoms with van der Waals surface area (Å²) in [6.45, 7) is 0. The van der Waals surface area contributed by atoms with Gasteiger partial charge >= 0.3 is 0 Å². The molecule has 0 spiro atoms. The summed E-state index contributed by atoms with van der Waals surface area (Å²) in [5.41, 5.74) is 0. The smallest absolute Gasteiger partial charge is 0.195 e. The minimum absolute atomic E-state index is 0.0408. The van der Waals surface area contributed by atoms with Gasteiger partial charge in [-0.1, -0.05) is 23.5 Å². The van der Waals surface area contributed by atoms with E-state index in [2.05, 4.69) is 0 Å². The summed E-state index contributed by atoms with van der Waals surface area (Å²) < 4.78 is 1.91. The van der Waals surface area contributed by atoms with Crippen LogP contribution in [0.1, 0.15) is 0 Å². The molecule has 0 N–H and O–H groups in total. The van der Waals surface area contributed by atoms with Crippen molar-refractivity contribution < 1.29 is 9.59 Å². The molecule has 0 aromatic heterocycles. The molecule has 16 heavy (non-hydrogen) atoms. The highest BCUT2D eigenvalue weighted by Crippen LogP contribution is 2.48. The number of hydrogen-bond acceptors (Lipinski definition) is 6. The number of carbonyl (C=O) groups excluding carboxylic acids is 2. The predicted molar refractivity (Wildman–Crippen MR) is 75.4 cm³/mol. The molecule has 0 amide bonds. The van der Waals surface area contributed by atoms with Gasteiger partial charge < -0.3 is 0 Å². The first-order valence-corrected chi connectivity index (χ1v) is 8.44. The van der Waals surface area contributed by atoms with Crippen LogP contribution < -0.4 is 0 Å². The Morgan fingerprint density at radius 1 is 0.875 bits per heavy atom. The zero-order valence-electron chi connectivity index (χ0n) is 8.60. The minimum atomic E-state index is -0.0408. The third-order valence-corrected chi connectivity index (χ3v) is 6.49. The zero-order chi connectivity index (χ0) is 11.7. The third kappa shape index (κ3) is 2.30. The molecule has 2 nitrogen and oxygen atoms in total. The maximum atomic E-state index is 11.7. The molecule has 0 bridgehead atoms. The predicted octanol–water partition coefficient (Wildman–Crippen LogP) is 3.24. The molecule has 0 fully saturated rings. The Morgan fingerprint density at radius 3 is 1.50 bits per heavy atom. The summed E-state index contributed by atoms with van der Waals surface area (Å²) in [5.74, 6) is -0.0816. The van der Waals surface area contributed by atoms with Gasteiger partial charge in [-0.05, 0) is 12.5 Å². The molecule has 0 saturated heterocycles. The van der Waals surface area contributed by atoms with Gasteiger partial charge in [-0.2, -0.15) is 0 Å². The van der Waals surface area contributed by atoms with Crippen LogP contribution in [0.25, 0.3) is 0 Å². The lowest BCUT2D eigenvalue weighted by molar-refractivity contribution is -0.112. The van der Waals surface area contributed by atoms with Gasteiger partial charge in [0, 0.05) is 20.6 Å². The Kier molecular flexibility index (Phi) is 3.94. The van der Waals surface area contributed by atoms with Crippen molar-refractivity contribution in [2.24, 2.45) is 0 Å². The standard InChI is InChI=1S/C10H8O2S4/c1-13-7-3-5(11)9(15-7)10-6(12)4-8(14-2)16-10/h3-4H,1-2H3/b10-9+. The minimum Gasteiger partial charge on any atom is -0.289 e. The van der Waals surface area contributed by atoms with E-state index in [0.717, 1.165) is 8.47 Å². The highest BCUT2D eigenvalue weighted by molar-refractivity contribution is 8.27. The Morgan fingerprint density at radius 2 is 1.25 bits per heavy atom. The molecule has 0 aromatic carbocycles. The van der Waals surface area contributed by atoms with E-state index in [1.165, 1.54) is 47.0 Å². The van der Waals surface area contributed by atoms with E-state index in [1.807, 2.05) is 12.5 Å². The maximum Gasteiger partial charge on any atom is 0.195 e. The van der Waals surface area contributed by atoms with Crippen LogP contribution in [0.2, 0.25) is 0 Å². The van der Waals surface area contributed by atoms with Gasteiger partial charge in [-0.25, -0.2) is 0 Å². The third-order valence-electron chi connectivity index (χ3n) is 1.96. The van der Waals surface area contributed by atoms with Crippen LogP contribution in [-0.2, 0) is 9.59 Å². The first-order chi connectivity index (χ1) is 7.65. The average molecular weight is 288 g/mol. The Hall–Kier alpha value is -0.0400. The highest BCUT2D eigenvalue weighted by Gasteiger charge is 2.30. The number of thioether (sulfide) groups is 4. The summed E-state index contributed by atoms with van der Waals surface area (Å²) in [4.78, 5) is 24.6. The molecule has 0 radical (unpaired) electrons. The van der Waals surface area contributed by atoms with Crippen molar-refractivity contribution in [3.63, 3.8) is 0 Å². The van der Waals surface area contributed by atoms with Crippen LogP contribution in [0.15, 0.2) is 30.4 Å². The fourth-order valence-electron chi connectivity index (χ4n) is 1.22. The molecule has 2 heterocycles. The first-order valence-electron chi connectivity index (χ1n) is 4.35. The Balaban J connectivity index is 2.28. The quantitative estimate of drug-likeness (QED) is 0.726. The molecule has 2 aliphatic rings. The monoisotopic (exact) mass is 288 g/mol. The van der Waals surface area contributed by atoms with Gasteiger partial charge in [0.1, 0.15) is 0 Å². The number of allylic oxidation sites excluding steroid dienone is 4. The van der Waals surface area contributed by atoms with Crippen molar-refractivity contribution in [2.45, 2.75) is 0 Å². The second-order valence-electron chi connectivity index (χ2n) is 2.93. The Labute approximate surface area is 111 Å². The topological polar surface area (TPSA) is 34.1 Å². The number of ketones is 2. The fourth-order valence-corrected chi connectivity index (χ4v) is 4.53. The van der Waals surface area contributed by atoms with Gasteiger partial charge in [0.2, 0.25) is 0 Å². The molecule has 0 saturated carbocycles. The van der Waals surface area contributed by atoms with E-state index in [0.29, 0.717) is 9.81 Å². The van der Waals surface area contributed by atoms with E-state index in [4.69, 9.17) is 0 Å². The molecular weight excluding hydrogens is 280 g/mol. The molecule has 0 unspecified atom stereocenters. The molecule has 0 aromatic rings. The normalized spacial score (nSPS) is 25.1. The summed E-state index contributed by atoms with van der Waals surface area (Å²) in [6.07, 6.45) is 7.05. The second kappa shape index (κ2) is 5.08. The summed E-state index contributed by atoms with van der Waals surface area (Å²) >= 11 is 5.87. The van der Waals surface area contributed by atoms with Crippen LogP contribution in [0.3, 0.4) is 0 Å². The van der Waals surface area contributed by atoms with Gasteiger partial charge in [-0.15, -0.1) is 23.5 Å². The summed E-state index contributed by atoms with van der Waals surface area (Å²) in [7, 11) is 0. The number of carbonyl (C=O) groups is 2. The van der Waals surface area contributed by atoms with Crippen LogP contribution >= 0.6 is 47.0 Å². The van der Waals surface area contributed by atoms with Crippen LogP contribution in [0, 0.1) is 0 Å². The molecule has 0 atom stereocenters. The molecule has 84 valence electrons. The van der Waals surface area contributed by atoms with Crippen molar-refractivity contribution in [3.05, 3.63) is 30.4 Å². The van der Waals surface area contributed by atoms with E-state index in [1.54, 1.807) is 12.2 Å². The molecular formula is C10H8O2S4. The number of rotatable bonds is 2. The largest absolute Gasteiger partial charge is 0.289 e. The van der Waals surface area contributed by atoms with E-state index in [9.17, 15) is 9.59 Å².